The van der Waals surface area contributed by atoms with E-state index in [0.717, 1.165) is 20.2 Å². The molecule has 3 nitrogen and oxygen atoms in total. The van der Waals surface area contributed by atoms with Crippen LogP contribution in [-0.4, -0.2) is 11.7 Å². The number of thiophene rings is 2. The molecule has 24 heavy (non-hydrogen) atoms. The minimum atomic E-state index is -0.177. The first-order chi connectivity index (χ1) is 11.6. The lowest BCUT2D eigenvalue weighted by Gasteiger charge is -2.02. The van der Waals surface area contributed by atoms with Gasteiger partial charge >= 0.3 is 0 Å². The maximum atomic E-state index is 12.6. The van der Waals surface area contributed by atoms with Crippen LogP contribution in [0.5, 0.6) is 0 Å². The zero-order valence-electron chi connectivity index (χ0n) is 13.1. The Hall–Kier alpha value is -2.42. The van der Waals surface area contributed by atoms with E-state index in [9.17, 15) is 9.59 Å². The molecule has 1 amide bonds. The van der Waals surface area contributed by atoms with Gasteiger partial charge in [0.15, 0.2) is 5.78 Å². The van der Waals surface area contributed by atoms with Gasteiger partial charge in [-0.05, 0) is 43.7 Å². The number of fused-ring (bicyclic) bond motifs is 1. The molecule has 4 rings (SSSR count). The Morgan fingerprint density at radius 1 is 1.04 bits per heavy atom. The highest BCUT2D eigenvalue weighted by atomic mass is 32.1. The second kappa shape index (κ2) is 5.59. The molecule has 1 aliphatic carbocycles. The number of amides is 1. The number of aryl methyl sites for hydroxylation is 1. The standard InChI is InChI=1S/C19H13NO2S2/c1-3-4-11-6-8-15(24-11)18-17-13(21)9-12(16(17)19(22)20-18)14-7-5-10(2)23-14/h5-8H,9H2,1-2H3,(H,20,22). The second-order valence-corrected chi connectivity index (χ2v) is 7.98. The molecule has 0 aromatic carbocycles. The monoisotopic (exact) mass is 351 g/mol. The van der Waals surface area contributed by atoms with Crippen LogP contribution < -0.4 is 5.32 Å². The molecule has 0 unspecified atom stereocenters. The van der Waals surface area contributed by atoms with Gasteiger partial charge in [-0.15, -0.1) is 28.6 Å². The molecule has 2 aliphatic rings. The van der Waals surface area contributed by atoms with Crippen molar-refractivity contribution >= 4 is 45.6 Å². The zero-order chi connectivity index (χ0) is 16.8. The van der Waals surface area contributed by atoms with Gasteiger partial charge in [0.1, 0.15) is 0 Å². The minimum Gasteiger partial charge on any atom is -0.320 e. The van der Waals surface area contributed by atoms with E-state index < -0.39 is 0 Å². The molecule has 5 heteroatoms. The third kappa shape index (κ3) is 2.27. The number of hydrogen-bond donors (Lipinski definition) is 1. The quantitative estimate of drug-likeness (QED) is 0.838. The molecule has 0 spiro atoms. The highest BCUT2D eigenvalue weighted by Crippen LogP contribution is 2.44. The lowest BCUT2D eigenvalue weighted by molar-refractivity contribution is -0.116. The molecule has 1 aliphatic heterocycles. The summed E-state index contributed by atoms with van der Waals surface area (Å²) in [7, 11) is 0. The predicted octanol–water partition coefficient (Wildman–Crippen LogP) is 3.76. The van der Waals surface area contributed by atoms with Crippen molar-refractivity contribution in [1.82, 2.24) is 5.32 Å². The van der Waals surface area contributed by atoms with Gasteiger partial charge in [0.05, 0.1) is 26.6 Å². The van der Waals surface area contributed by atoms with Crippen molar-refractivity contribution < 1.29 is 9.59 Å². The van der Waals surface area contributed by atoms with Crippen molar-refractivity contribution in [3.8, 4) is 11.8 Å². The summed E-state index contributed by atoms with van der Waals surface area (Å²) in [6, 6.07) is 7.84. The van der Waals surface area contributed by atoms with Crippen LogP contribution in [-0.2, 0) is 9.59 Å². The summed E-state index contributed by atoms with van der Waals surface area (Å²) in [6.07, 6.45) is 0.300. The molecule has 3 heterocycles. The molecule has 2 aromatic heterocycles. The van der Waals surface area contributed by atoms with Crippen LogP contribution in [0, 0.1) is 18.8 Å². The second-order valence-electron chi connectivity index (χ2n) is 5.61. The van der Waals surface area contributed by atoms with Gasteiger partial charge in [-0.2, -0.15) is 0 Å². The van der Waals surface area contributed by atoms with Crippen molar-refractivity contribution in [3.63, 3.8) is 0 Å². The van der Waals surface area contributed by atoms with Crippen LogP contribution in [0.25, 0.3) is 11.3 Å². The predicted molar refractivity (Wildman–Crippen MR) is 97.5 cm³/mol. The number of rotatable bonds is 2. The van der Waals surface area contributed by atoms with E-state index in [4.69, 9.17) is 0 Å². The fraction of sp³-hybridized carbons (Fsp3) is 0.158. The number of Topliss-reactive ketones (excluding diaryl/α,β-unsaturated/α-hetero) is 1. The normalized spacial score (nSPS) is 16.4. The largest absolute Gasteiger partial charge is 0.320 e. The maximum absolute atomic E-state index is 12.6. The molecule has 2 aromatic rings. The molecule has 0 saturated heterocycles. The van der Waals surface area contributed by atoms with E-state index >= 15 is 0 Å². The summed E-state index contributed by atoms with van der Waals surface area (Å²) in [4.78, 5) is 29.1. The van der Waals surface area contributed by atoms with Gasteiger partial charge in [-0.1, -0.05) is 5.92 Å². The summed E-state index contributed by atoms with van der Waals surface area (Å²) in [5.74, 6) is 5.71. The van der Waals surface area contributed by atoms with E-state index in [1.54, 1.807) is 18.3 Å². The number of carbonyl (C=O) groups is 2. The SMILES string of the molecule is CC#Cc1ccc(C2=C3C(=O)CC(c4ccc(C)s4)=C3C(=O)N2)s1. The Labute approximate surface area is 147 Å². The summed E-state index contributed by atoms with van der Waals surface area (Å²) in [5.41, 5.74) is 2.58. The van der Waals surface area contributed by atoms with E-state index in [0.29, 0.717) is 23.3 Å². The van der Waals surface area contributed by atoms with Crippen molar-refractivity contribution in [2.24, 2.45) is 0 Å². The van der Waals surface area contributed by atoms with Crippen molar-refractivity contribution in [2.45, 2.75) is 20.3 Å². The van der Waals surface area contributed by atoms with E-state index in [-0.39, 0.29) is 11.7 Å². The fourth-order valence-electron chi connectivity index (χ4n) is 3.04. The molecular formula is C19H13NO2S2. The number of carbonyl (C=O) groups excluding carboxylic acids is 2. The van der Waals surface area contributed by atoms with Crippen LogP contribution in [0.2, 0.25) is 0 Å². The first-order valence-corrected chi connectivity index (χ1v) is 9.14. The molecule has 118 valence electrons. The summed E-state index contributed by atoms with van der Waals surface area (Å²) < 4.78 is 0. The third-order valence-electron chi connectivity index (χ3n) is 4.02. The van der Waals surface area contributed by atoms with Gasteiger partial charge in [0.2, 0.25) is 0 Å². The topological polar surface area (TPSA) is 46.2 Å². The molecule has 1 N–H and O–H groups in total. The molecule has 0 radical (unpaired) electrons. The van der Waals surface area contributed by atoms with Gasteiger partial charge in [0, 0.05) is 16.2 Å². The van der Waals surface area contributed by atoms with Crippen molar-refractivity contribution in [2.75, 3.05) is 0 Å². The van der Waals surface area contributed by atoms with Crippen LogP contribution in [0.1, 0.15) is 32.9 Å². The Bertz CT molecular complexity index is 1020. The van der Waals surface area contributed by atoms with E-state index in [1.807, 2.05) is 31.2 Å². The Balaban J connectivity index is 1.87. The Morgan fingerprint density at radius 3 is 2.54 bits per heavy atom. The minimum absolute atomic E-state index is 0.0101. The first-order valence-electron chi connectivity index (χ1n) is 7.50. The maximum Gasteiger partial charge on any atom is 0.256 e. The number of allylic oxidation sites excluding steroid dienone is 1. The molecule has 0 atom stereocenters. The Morgan fingerprint density at radius 2 is 1.83 bits per heavy atom. The third-order valence-corrected chi connectivity index (χ3v) is 6.10. The van der Waals surface area contributed by atoms with Crippen molar-refractivity contribution in [3.05, 3.63) is 54.9 Å². The number of ketones is 1. The molecule has 0 saturated carbocycles. The number of hydrogen-bond acceptors (Lipinski definition) is 4. The summed E-state index contributed by atoms with van der Waals surface area (Å²) in [6.45, 7) is 3.81. The summed E-state index contributed by atoms with van der Waals surface area (Å²) in [5, 5.41) is 2.89. The van der Waals surface area contributed by atoms with E-state index in [1.165, 1.54) is 16.2 Å². The first kappa shape index (κ1) is 15.1. The lowest BCUT2D eigenvalue weighted by Crippen LogP contribution is -2.16. The van der Waals surface area contributed by atoms with Gasteiger partial charge in [-0.25, -0.2) is 0 Å². The van der Waals surface area contributed by atoms with Crippen LogP contribution >= 0.6 is 22.7 Å². The lowest BCUT2D eigenvalue weighted by atomic mass is 10.1. The average molecular weight is 351 g/mol. The van der Waals surface area contributed by atoms with Crippen molar-refractivity contribution in [1.29, 1.82) is 0 Å². The molecule has 0 fully saturated rings. The van der Waals surface area contributed by atoms with Crippen LogP contribution in [0.4, 0.5) is 0 Å². The van der Waals surface area contributed by atoms with Gasteiger partial charge in [-0.3, -0.25) is 9.59 Å². The zero-order valence-corrected chi connectivity index (χ0v) is 14.8. The summed E-state index contributed by atoms with van der Waals surface area (Å²) >= 11 is 3.11. The highest BCUT2D eigenvalue weighted by molar-refractivity contribution is 7.14. The van der Waals surface area contributed by atoms with Crippen LogP contribution in [0.15, 0.2) is 35.4 Å². The van der Waals surface area contributed by atoms with Gasteiger partial charge in [0.25, 0.3) is 5.91 Å². The molecule has 0 bridgehead atoms. The molecular weight excluding hydrogens is 338 g/mol. The fourth-order valence-corrected chi connectivity index (χ4v) is 4.87. The Kier molecular flexibility index (Phi) is 3.52. The average Bonchev–Trinajstić information content (AvgIpc) is 3.28. The van der Waals surface area contributed by atoms with Crippen LogP contribution in [0.3, 0.4) is 0 Å². The van der Waals surface area contributed by atoms with Gasteiger partial charge < -0.3 is 5.32 Å². The number of nitrogens with one attached hydrogen (secondary N) is 1. The van der Waals surface area contributed by atoms with E-state index in [2.05, 4.69) is 17.2 Å². The highest BCUT2D eigenvalue weighted by Gasteiger charge is 2.41. The smallest absolute Gasteiger partial charge is 0.256 e.